The van der Waals surface area contributed by atoms with Crippen LogP contribution in [0, 0.1) is 6.92 Å². The van der Waals surface area contributed by atoms with Crippen molar-refractivity contribution in [2.45, 2.75) is 11.8 Å². The number of hydrogen-bond acceptors (Lipinski definition) is 5. The Kier molecular flexibility index (Phi) is 6.09. The van der Waals surface area contributed by atoms with Crippen molar-refractivity contribution in [2.75, 3.05) is 10.0 Å². The molecule has 1 amide bonds. The SMILES string of the molecule is Cc1ccc(C(=O)Nc2cccc(C(=O)[O-])c2)cc1S(=O)(=O)Nc1ccc(Cl)cc1. The summed E-state index contributed by atoms with van der Waals surface area (Å²) in [5.74, 6) is -1.96. The van der Waals surface area contributed by atoms with Gasteiger partial charge in [0.05, 0.1) is 10.9 Å². The van der Waals surface area contributed by atoms with Crippen molar-refractivity contribution in [3.8, 4) is 0 Å². The molecule has 0 aliphatic heterocycles. The third-order valence-electron chi connectivity index (χ3n) is 4.19. The highest BCUT2D eigenvalue weighted by Crippen LogP contribution is 2.23. The summed E-state index contributed by atoms with van der Waals surface area (Å²) in [6, 6.07) is 16.0. The van der Waals surface area contributed by atoms with E-state index in [0.717, 1.165) is 0 Å². The molecule has 0 saturated heterocycles. The number of nitrogens with one attached hydrogen (secondary N) is 2. The Morgan fingerprint density at radius 1 is 0.900 bits per heavy atom. The molecule has 3 aromatic rings. The van der Waals surface area contributed by atoms with Crippen LogP contribution in [0.2, 0.25) is 5.02 Å². The van der Waals surface area contributed by atoms with Crippen molar-refractivity contribution in [3.63, 3.8) is 0 Å². The number of carbonyl (C=O) groups is 2. The molecule has 30 heavy (non-hydrogen) atoms. The number of aromatic carboxylic acids is 1. The first-order valence-corrected chi connectivity index (χ1v) is 10.5. The first kappa shape index (κ1) is 21.4. The number of carboxylic acid groups (broad SMARTS) is 1. The van der Waals surface area contributed by atoms with Crippen LogP contribution in [0.5, 0.6) is 0 Å². The smallest absolute Gasteiger partial charge is 0.262 e. The van der Waals surface area contributed by atoms with E-state index in [-0.39, 0.29) is 21.7 Å². The van der Waals surface area contributed by atoms with Gasteiger partial charge in [0.1, 0.15) is 0 Å². The Morgan fingerprint density at radius 2 is 1.60 bits per heavy atom. The van der Waals surface area contributed by atoms with Crippen molar-refractivity contribution in [2.24, 2.45) is 0 Å². The molecule has 0 aromatic heterocycles. The van der Waals surface area contributed by atoms with E-state index in [1.807, 2.05) is 0 Å². The maximum atomic E-state index is 12.8. The van der Waals surface area contributed by atoms with E-state index in [9.17, 15) is 23.1 Å². The van der Waals surface area contributed by atoms with Crippen molar-refractivity contribution in [1.29, 1.82) is 0 Å². The Hall–Kier alpha value is -3.36. The third-order valence-corrected chi connectivity index (χ3v) is 5.97. The molecule has 7 nitrogen and oxygen atoms in total. The second kappa shape index (κ2) is 8.56. The molecule has 3 rings (SSSR count). The van der Waals surface area contributed by atoms with E-state index < -0.39 is 21.9 Å². The van der Waals surface area contributed by atoms with Crippen LogP contribution in [0.4, 0.5) is 11.4 Å². The summed E-state index contributed by atoms with van der Waals surface area (Å²) in [6.45, 7) is 1.61. The molecule has 0 aliphatic carbocycles. The number of rotatable bonds is 6. The van der Waals surface area contributed by atoms with Gasteiger partial charge in [-0.1, -0.05) is 29.8 Å². The standard InChI is InChI=1S/C21H17ClN2O5S/c1-13-5-6-14(20(25)23-18-4-2-3-15(11-18)21(26)27)12-19(13)30(28,29)24-17-9-7-16(22)8-10-17/h2-12,24H,1H3,(H,23,25)(H,26,27)/p-1. The summed E-state index contributed by atoms with van der Waals surface area (Å²) in [4.78, 5) is 23.5. The molecular formula is C21H16ClN2O5S-. The second-order valence-corrected chi connectivity index (χ2v) is 8.50. The van der Waals surface area contributed by atoms with E-state index in [4.69, 9.17) is 11.6 Å². The highest BCUT2D eigenvalue weighted by Gasteiger charge is 2.19. The van der Waals surface area contributed by atoms with Gasteiger partial charge in [0.15, 0.2) is 0 Å². The Labute approximate surface area is 178 Å². The molecule has 0 spiro atoms. The summed E-state index contributed by atoms with van der Waals surface area (Å²) in [6.07, 6.45) is 0. The fraction of sp³-hybridized carbons (Fsp3) is 0.0476. The summed E-state index contributed by atoms with van der Waals surface area (Å²) in [7, 11) is -3.96. The number of benzene rings is 3. The van der Waals surface area contributed by atoms with Gasteiger partial charge in [0, 0.05) is 22.0 Å². The minimum atomic E-state index is -3.96. The summed E-state index contributed by atoms with van der Waals surface area (Å²) in [5.41, 5.74) is 1.02. The fourth-order valence-electron chi connectivity index (χ4n) is 2.69. The number of carbonyl (C=O) groups excluding carboxylic acids is 2. The number of hydrogen-bond donors (Lipinski definition) is 2. The normalized spacial score (nSPS) is 11.0. The molecule has 0 atom stereocenters. The quantitative estimate of drug-likeness (QED) is 0.607. The van der Waals surface area contributed by atoms with Gasteiger partial charge in [-0.3, -0.25) is 9.52 Å². The Bertz CT molecular complexity index is 1220. The summed E-state index contributed by atoms with van der Waals surface area (Å²) < 4.78 is 28.1. The fourth-order valence-corrected chi connectivity index (χ4v) is 4.14. The van der Waals surface area contributed by atoms with Crippen molar-refractivity contribution < 1.29 is 23.1 Å². The van der Waals surface area contributed by atoms with Crippen molar-refractivity contribution in [3.05, 3.63) is 88.4 Å². The second-order valence-electron chi connectivity index (χ2n) is 6.42. The molecule has 9 heteroatoms. The van der Waals surface area contributed by atoms with Crippen LogP contribution in [0.3, 0.4) is 0 Å². The lowest BCUT2D eigenvalue weighted by Gasteiger charge is -2.13. The van der Waals surface area contributed by atoms with E-state index >= 15 is 0 Å². The molecule has 0 radical (unpaired) electrons. The molecule has 0 bridgehead atoms. The average Bonchev–Trinajstić information content (AvgIpc) is 2.70. The zero-order valence-electron chi connectivity index (χ0n) is 15.7. The monoisotopic (exact) mass is 443 g/mol. The van der Waals surface area contributed by atoms with Crippen LogP contribution in [0.1, 0.15) is 26.3 Å². The molecular weight excluding hydrogens is 428 g/mol. The number of sulfonamides is 1. The summed E-state index contributed by atoms with van der Waals surface area (Å²) in [5, 5.41) is 14.0. The molecule has 0 heterocycles. The van der Waals surface area contributed by atoms with Crippen molar-refractivity contribution >= 4 is 44.9 Å². The number of aryl methyl sites for hydroxylation is 1. The first-order valence-electron chi connectivity index (χ1n) is 8.67. The van der Waals surface area contributed by atoms with E-state index in [1.54, 1.807) is 19.1 Å². The zero-order chi connectivity index (χ0) is 21.9. The first-order chi connectivity index (χ1) is 14.2. The molecule has 0 saturated carbocycles. The van der Waals surface area contributed by atoms with Crippen LogP contribution in [-0.4, -0.2) is 20.3 Å². The molecule has 0 aliphatic rings. The number of amides is 1. The molecule has 154 valence electrons. The zero-order valence-corrected chi connectivity index (χ0v) is 17.3. The van der Waals surface area contributed by atoms with E-state index in [2.05, 4.69) is 10.0 Å². The largest absolute Gasteiger partial charge is 0.545 e. The predicted molar refractivity (Wildman–Crippen MR) is 112 cm³/mol. The minimum Gasteiger partial charge on any atom is -0.545 e. The van der Waals surface area contributed by atoms with Crippen LogP contribution in [0.25, 0.3) is 0 Å². The highest BCUT2D eigenvalue weighted by atomic mass is 35.5. The van der Waals surface area contributed by atoms with Gasteiger partial charge < -0.3 is 15.2 Å². The van der Waals surface area contributed by atoms with Crippen LogP contribution in [-0.2, 0) is 10.0 Å². The van der Waals surface area contributed by atoms with Gasteiger partial charge in [0.25, 0.3) is 15.9 Å². The number of halogens is 1. The lowest BCUT2D eigenvalue weighted by Crippen LogP contribution is -2.22. The molecule has 0 unspecified atom stereocenters. The lowest BCUT2D eigenvalue weighted by molar-refractivity contribution is -0.255. The Morgan fingerprint density at radius 3 is 2.27 bits per heavy atom. The molecule has 3 aromatic carbocycles. The van der Waals surface area contributed by atoms with E-state index in [1.165, 1.54) is 54.6 Å². The molecule has 0 fully saturated rings. The number of carboxylic acids is 1. The van der Waals surface area contributed by atoms with Gasteiger partial charge >= 0.3 is 0 Å². The number of anilines is 2. The minimum absolute atomic E-state index is 0.0615. The Balaban J connectivity index is 1.87. The average molecular weight is 444 g/mol. The van der Waals surface area contributed by atoms with Crippen LogP contribution < -0.4 is 15.1 Å². The van der Waals surface area contributed by atoms with Crippen LogP contribution in [0.15, 0.2) is 71.6 Å². The van der Waals surface area contributed by atoms with Crippen LogP contribution >= 0.6 is 11.6 Å². The van der Waals surface area contributed by atoms with Gasteiger partial charge in [-0.15, -0.1) is 0 Å². The van der Waals surface area contributed by atoms with Gasteiger partial charge in [-0.2, -0.15) is 0 Å². The highest BCUT2D eigenvalue weighted by molar-refractivity contribution is 7.92. The van der Waals surface area contributed by atoms with Gasteiger partial charge in [-0.05, 0) is 66.6 Å². The van der Waals surface area contributed by atoms with Gasteiger partial charge in [0.2, 0.25) is 0 Å². The molecule has 2 N–H and O–H groups in total. The van der Waals surface area contributed by atoms with E-state index in [0.29, 0.717) is 16.3 Å². The maximum Gasteiger partial charge on any atom is 0.262 e. The lowest BCUT2D eigenvalue weighted by atomic mass is 10.1. The van der Waals surface area contributed by atoms with Crippen molar-refractivity contribution in [1.82, 2.24) is 0 Å². The maximum absolute atomic E-state index is 12.8. The third kappa shape index (κ3) is 4.97. The summed E-state index contributed by atoms with van der Waals surface area (Å²) >= 11 is 5.82. The predicted octanol–water partition coefficient (Wildman–Crippen LogP) is 3.07. The van der Waals surface area contributed by atoms with Gasteiger partial charge in [-0.25, -0.2) is 8.42 Å². The topological polar surface area (TPSA) is 115 Å².